The highest BCUT2D eigenvalue weighted by molar-refractivity contribution is 5.62. The van der Waals surface area contributed by atoms with Gasteiger partial charge in [0.2, 0.25) is 0 Å². The van der Waals surface area contributed by atoms with Crippen molar-refractivity contribution in [3.8, 4) is 11.3 Å². The molecule has 0 atom stereocenters. The molecule has 0 aliphatic heterocycles. The van der Waals surface area contributed by atoms with Crippen LogP contribution in [0.15, 0.2) is 24.7 Å². The molecule has 1 aliphatic rings. The lowest BCUT2D eigenvalue weighted by Gasteiger charge is -2.20. The number of aryl methyl sites for hydroxylation is 2. The van der Waals surface area contributed by atoms with E-state index in [9.17, 15) is 0 Å². The van der Waals surface area contributed by atoms with Crippen molar-refractivity contribution in [2.45, 2.75) is 71.9 Å². The Morgan fingerprint density at radius 2 is 1.96 bits per heavy atom. The molecule has 6 heteroatoms. The average Bonchev–Trinajstić information content (AvgIpc) is 3.13. The molecule has 0 unspecified atom stereocenters. The van der Waals surface area contributed by atoms with Gasteiger partial charge in [0, 0.05) is 36.7 Å². The van der Waals surface area contributed by atoms with Crippen molar-refractivity contribution in [2.24, 2.45) is 0 Å². The molecule has 1 fully saturated rings. The molecule has 1 saturated carbocycles. The van der Waals surface area contributed by atoms with Crippen molar-refractivity contribution in [3.05, 3.63) is 36.0 Å². The number of aliphatic hydroxyl groups is 1. The molecule has 3 rings (SSSR count). The Bertz CT molecular complexity index is 677. The first kappa shape index (κ1) is 24.0. The molecule has 156 valence electrons. The van der Waals surface area contributed by atoms with Gasteiger partial charge >= 0.3 is 0 Å². The van der Waals surface area contributed by atoms with Crippen LogP contribution < -0.4 is 5.32 Å². The molecule has 6 nitrogen and oxygen atoms in total. The van der Waals surface area contributed by atoms with E-state index < -0.39 is 0 Å². The maximum atomic E-state index is 8.96. The fourth-order valence-electron chi connectivity index (χ4n) is 3.31. The first-order chi connectivity index (χ1) is 13.6. The Morgan fingerprint density at radius 1 is 1.29 bits per heavy atom. The van der Waals surface area contributed by atoms with Crippen LogP contribution in [0.5, 0.6) is 0 Å². The van der Waals surface area contributed by atoms with E-state index in [4.69, 9.17) is 10.5 Å². The van der Waals surface area contributed by atoms with Crippen LogP contribution in [0, 0.1) is 12.3 Å². The summed E-state index contributed by atoms with van der Waals surface area (Å²) in [6.45, 7) is 6.45. The van der Waals surface area contributed by atoms with E-state index in [1.54, 1.807) is 13.1 Å². The maximum absolute atomic E-state index is 8.96. The smallest absolute Gasteiger partial charge is 0.125 e. The third kappa shape index (κ3) is 8.31. The molecule has 0 spiro atoms. The van der Waals surface area contributed by atoms with E-state index in [2.05, 4.69) is 35.5 Å². The first-order valence-electron chi connectivity index (χ1n) is 10.3. The van der Waals surface area contributed by atoms with Gasteiger partial charge in [-0.05, 0) is 58.0 Å². The van der Waals surface area contributed by atoms with Crippen molar-refractivity contribution in [1.82, 2.24) is 19.9 Å². The minimum absolute atomic E-state index is 0.153. The molecule has 2 heterocycles. The van der Waals surface area contributed by atoms with Gasteiger partial charge in [-0.3, -0.25) is 0 Å². The second kappa shape index (κ2) is 14.0. The highest BCUT2D eigenvalue weighted by Crippen LogP contribution is 2.23. The van der Waals surface area contributed by atoms with Crippen LogP contribution in [0.25, 0.3) is 11.3 Å². The van der Waals surface area contributed by atoms with Gasteiger partial charge in [0.25, 0.3) is 0 Å². The van der Waals surface area contributed by atoms with Gasteiger partial charge in [0.05, 0.1) is 12.3 Å². The minimum atomic E-state index is 0.153. The van der Waals surface area contributed by atoms with Gasteiger partial charge in [-0.25, -0.2) is 9.97 Å². The molecule has 2 aromatic rings. The molecule has 0 amide bonds. The van der Waals surface area contributed by atoms with E-state index in [0.717, 1.165) is 29.5 Å². The monoisotopic (exact) mass is 387 g/mol. The van der Waals surface area contributed by atoms with Crippen molar-refractivity contribution in [3.63, 3.8) is 0 Å². The molecule has 2 aromatic heterocycles. The lowest BCUT2D eigenvalue weighted by molar-refractivity contribution is 0.276. The zero-order valence-corrected chi connectivity index (χ0v) is 17.9. The third-order valence-corrected chi connectivity index (χ3v) is 4.77. The number of hydrogen-bond acceptors (Lipinski definition) is 5. The van der Waals surface area contributed by atoms with E-state index >= 15 is 0 Å². The Balaban J connectivity index is 0.000000296. The Kier molecular flexibility index (Phi) is 12.0. The molecule has 0 saturated heterocycles. The molecule has 1 aliphatic carbocycles. The van der Waals surface area contributed by atoms with Crippen molar-refractivity contribution < 1.29 is 5.11 Å². The van der Waals surface area contributed by atoms with E-state index in [-0.39, 0.29) is 6.61 Å². The second-order valence-electron chi connectivity index (χ2n) is 6.91. The standard InChI is InChI=1S/C13H17N3O.C7H15N.C2H5N/c1-3-11-8-16(6-7-17)9-12(11)13-4-5-14-10(2)15-13;1-8-7-5-3-2-4-6-7;1-2-3/h4-5,8-9,17H,3,6-7H2,1-2H3;7-8H,2-6H2,1H3;2-3H,1H3. The summed E-state index contributed by atoms with van der Waals surface area (Å²) >= 11 is 0. The van der Waals surface area contributed by atoms with Gasteiger partial charge in [-0.1, -0.05) is 26.2 Å². The highest BCUT2D eigenvalue weighted by atomic mass is 16.3. The molecular formula is C22H37N5O. The van der Waals surface area contributed by atoms with Gasteiger partial charge in [0.15, 0.2) is 0 Å². The predicted molar refractivity (Wildman–Crippen MR) is 117 cm³/mol. The molecule has 28 heavy (non-hydrogen) atoms. The largest absolute Gasteiger partial charge is 0.395 e. The number of aliphatic hydroxyl groups excluding tert-OH is 1. The number of aromatic nitrogens is 3. The number of nitrogens with one attached hydrogen (secondary N) is 2. The van der Waals surface area contributed by atoms with Gasteiger partial charge < -0.3 is 20.4 Å². The van der Waals surface area contributed by atoms with Gasteiger partial charge in [0.1, 0.15) is 5.82 Å². The van der Waals surface area contributed by atoms with Gasteiger partial charge in [-0.15, -0.1) is 0 Å². The zero-order chi connectivity index (χ0) is 20.8. The summed E-state index contributed by atoms with van der Waals surface area (Å²) in [4.78, 5) is 8.54. The highest BCUT2D eigenvalue weighted by Gasteiger charge is 2.10. The Labute approximate surface area is 169 Å². The average molecular weight is 388 g/mol. The van der Waals surface area contributed by atoms with Crippen LogP contribution >= 0.6 is 0 Å². The summed E-state index contributed by atoms with van der Waals surface area (Å²) in [7, 11) is 2.07. The SMILES string of the molecule is CC=N.CCc1cn(CCO)cc1-c1ccnc(C)n1.CNC1CCCCC1. The van der Waals surface area contributed by atoms with Gasteiger partial charge in [-0.2, -0.15) is 0 Å². The Hall–Kier alpha value is -2.05. The van der Waals surface area contributed by atoms with Crippen LogP contribution in [-0.2, 0) is 13.0 Å². The lowest BCUT2D eigenvalue weighted by Crippen LogP contribution is -2.26. The predicted octanol–water partition coefficient (Wildman–Crippen LogP) is 4.00. The van der Waals surface area contributed by atoms with E-state index in [1.807, 2.05) is 23.8 Å². The summed E-state index contributed by atoms with van der Waals surface area (Å²) in [5, 5.41) is 18.3. The second-order valence-corrected chi connectivity index (χ2v) is 6.91. The van der Waals surface area contributed by atoms with Crippen LogP contribution in [0.2, 0.25) is 0 Å². The number of rotatable bonds is 5. The van der Waals surface area contributed by atoms with Crippen LogP contribution in [-0.4, -0.2) is 45.6 Å². The lowest BCUT2D eigenvalue weighted by atomic mass is 9.96. The fraction of sp³-hybridized carbons (Fsp3) is 0.591. The van der Waals surface area contributed by atoms with Crippen molar-refractivity contribution >= 4 is 6.21 Å². The summed E-state index contributed by atoms with van der Waals surface area (Å²) < 4.78 is 2.01. The first-order valence-corrected chi connectivity index (χ1v) is 10.3. The van der Waals surface area contributed by atoms with Crippen LogP contribution in [0.3, 0.4) is 0 Å². The number of nitrogens with zero attached hydrogens (tertiary/aromatic N) is 3. The Morgan fingerprint density at radius 3 is 2.46 bits per heavy atom. The molecule has 0 bridgehead atoms. The number of hydrogen-bond donors (Lipinski definition) is 3. The fourth-order valence-corrected chi connectivity index (χ4v) is 3.31. The molecule has 0 radical (unpaired) electrons. The maximum Gasteiger partial charge on any atom is 0.125 e. The van der Waals surface area contributed by atoms with E-state index in [1.165, 1.54) is 43.9 Å². The van der Waals surface area contributed by atoms with Crippen LogP contribution in [0.1, 0.15) is 57.3 Å². The molecule has 3 N–H and O–H groups in total. The van der Waals surface area contributed by atoms with Crippen molar-refractivity contribution in [1.29, 1.82) is 5.41 Å². The van der Waals surface area contributed by atoms with Crippen molar-refractivity contribution in [2.75, 3.05) is 13.7 Å². The minimum Gasteiger partial charge on any atom is -0.395 e. The topological polar surface area (TPSA) is 86.8 Å². The molecule has 0 aromatic carbocycles. The summed E-state index contributed by atoms with van der Waals surface area (Å²) in [5.41, 5.74) is 3.33. The normalized spacial score (nSPS) is 13.8. The molecular weight excluding hydrogens is 350 g/mol. The third-order valence-electron chi connectivity index (χ3n) is 4.77. The van der Waals surface area contributed by atoms with Crippen LogP contribution in [0.4, 0.5) is 0 Å². The van der Waals surface area contributed by atoms with E-state index in [0.29, 0.717) is 6.54 Å². The summed E-state index contributed by atoms with van der Waals surface area (Å²) in [6, 6.07) is 2.76. The zero-order valence-electron chi connectivity index (χ0n) is 17.9. The summed E-state index contributed by atoms with van der Waals surface area (Å²) in [6.07, 6.45) is 15.2. The summed E-state index contributed by atoms with van der Waals surface area (Å²) in [5.74, 6) is 0.777. The quantitative estimate of drug-likeness (QED) is 0.677.